The molecular formula is C16H15F3LiO3P. The molecule has 0 aromatic heterocycles. The SMILES string of the molecule is COc1ccc(P(C(=O)c2ccccc2)C(F)(F)F)c(OC)c1.[LiH]. The van der Waals surface area contributed by atoms with Crippen LogP contribution in [0.1, 0.15) is 10.4 Å². The first-order chi connectivity index (χ1) is 10.9. The van der Waals surface area contributed by atoms with Crippen LogP contribution in [0.25, 0.3) is 0 Å². The molecule has 0 aliphatic heterocycles. The second kappa shape index (κ2) is 8.57. The second-order valence-electron chi connectivity index (χ2n) is 4.51. The Morgan fingerprint density at radius 2 is 1.62 bits per heavy atom. The molecule has 0 saturated carbocycles. The molecule has 24 heavy (non-hydrogen) atoms. The van der Waals surface area contributed by atoms with Gasteiger partial charge in [0.25, 0.3) is 0 Å². The molecule has 2 aromatic carbocycles. The van der Waals surface area contributed by atoms with E-state index in [0.29, 0.717) is 5.75 Å². The topological polar surface area (TPSA) is 35.5 Å². The van der Waals surface area contributed by atoms with E-state index >= 15 is 0 Å². The number of rotatable bonds is 5. The van der Waals surface area contributed by atoms with E-state index in [1.807, 2.05) is 0 Å². The molecule has 2 rings (SSSR count). The molecule has 0 heterocycles. The van der Waals surface area contributed by atoms with Crippen molar-refractivity contribution in [3.8, 4) is 11.5 Å². The fraction of sp³-hybridized carbons (Fsp3) is 0.188. The maximum atomic E-state index is 13.6. The number of carbonyl (C=O) groups excluding carboxylic acids is 1. The molecular weight excluding hydrogens is 335 g/mol. The van der Waals surface area contributed by atoms with Crippen molar-refractivity contribution >= 4 is 37.6 Å². The molecule has 0 spiro atoms. The van der Waals surface area contributed by atoms with Gasteiger partial charge in [-0.05, 0) is 12.1 Å². The van der Waals surface area contributed by atoms with Crippen LogP contribution in [-0.4, -0.2) is 44.5 Å². The Hall–Kier alpha value is -1.47. The summed E-state index contributed by atoms with van der Waals surface area (Å²) in [5, 5.41) is -0.176. The maximum absolute atomic E-state index is 13.6. The van der Waals surface area contributed by atoms with Crippen LogP contribution in [0, 0.1) is 0 Å². The number of methoxy groups -OCH3 is 2. The first kappa shape index (κ1) is 20.6. The quantitative estimate of drug-likeness (QED) is 0.611. The van der Waals surface area contributed by atoms with E-state index in [4.69, 9.17) is 9.47 Å². The minimum absolute atomic E-state index is 0. The molecule has 0 fully saturated rings. The fourth-order valence-corrected chi connectivity index (χ4v) is 3.77. The monoisotopic (exact) mass is 350 g/mol. The van der Waals surface area contributed by atoms with Crippen molar-refractivity contribution in [2.75, 3.05) is 14.2 Å². The van der Waals surface area contributed by atoms with E-state index in [2.05, 4.69) is 0 Å². The normalized spacial score (nSPS) is 12.0. The van der Waals surface area contributed by atoms with Gasteiger partial charge in [0, 0.05) is 16.9 Å². The summed E-state index contributed by atoms with van der Waals surface area (Å²) < 4.78 is 50.7. The van der Waals surface area contributed by atoms with E-state index in [1.54, 1.807) is 6.07 Å². The van der Waals surface area contributed by atoms with Gasteiger partial charge in [-0.1, -0.05) is 30.3 Å². The van der Waals surface area contributed by atoms with Crippen LogP contribution in [0.15, 0.2) is 48.5 Å². The number of hydrogen-bond donors (Lipinski definition) is 0. The number of ether oxygens (including phenoxy) is 2. The van der Waals surface area contributed by atoms with E-state index in [0.717, 1.165) is 0 Å². The molecule has 2 aromatic rings. The average Bonchev–Trinajstić information content (AvgIpc) is 2.54. The zero-order chi connectivity index (χ0) is 17.0. The molecule has 0 bridgehead atoms. The van der Waals surface area contributed by atoms with Gasteiger partial charge in [0.15, 0.2) is 5.52 Å². The van der Waals surface area contributed by atoms with Crippen LogP contribution in [0.4, 0.5) is 13.2 Å². The van der Waals surface area contributed by atoms with Gasteiger partial charge >= 0.3 is 24.8 Å². The number of alkyl halides is 3. The minimum atomic E-state index is -4.68. The Kier molecular flexibility index (Phi) is 7.35. The van der Waals surface area contributed by atoms with E-state index in [-0.39, 0.29) is 35.5 Å². The average molecular weight is 350 g/mol. The van der Waals surface area contributed by atoms with Gasteiger partial charge < -0.3 is 9.47 Å². The third kappa shape index (κ3) is 4.54. The van der Waals surface area contributed by atoms with Crippen molar-refractivity contribution in [2.24, 2.45) is 0 Å². The molecule has 0 saturated heterocycles. The molecule has 0 aliphatic rings. The van der Waals surface area contributed by atoms with Crippen molar-refractivity contribution in [1.82, 2.24) is 0 Å². The third-order valence-corrected chi connectivity index (χ3v) is 5.13. The molecule has 124 valence electrons. The van der Waals surface area contributed by atoms with Gasteiger partial charge in [-0.2, -0.15) is 13.2 Å². The van der Waals surface area contributed by atoms with E-state index in [9.17, 15) is 18.0 Å². The number of hydrogen-bond acceptors (Lipinski definition) is 3. The summed E-state index contributed by atoms with van der Waals surface area (Å²) in [5.41, 5.74) is -0.939. The molecule has 0 aliphatic carbocycles. The molecule has 0 radical (unpaired) electrons. The van der Waals surface area contributed by atoms with Crippen molar-refractivity contribution in [1.29, 1.82) is 0 Å². The summed E-state index contributed by atoms with van der Waals surface area (Å²) in [6.07, 6.45) is 0. The molecule has 8 heteroatoms. The van der Waals surface area contributed by atoms with E-state index in [1.165, 1.54) is 56.7 Å². The third-order valence-electron chi connectivity index (χ3n) is 3.11. The van der Waals surface area contributed by atoms with Crippen LogP contribution < -0.4 is 14.8 Å². The number of halogens is 3. The molecule has 0 N–H and O–H groups in total. The second-order valence-corrected chi connectivity index (χ2v) is 6.58. The number of benzene rings is 2. The summed E-state index contributed by atoms with van der Waals surface area (Å²) in [5.74, 6) is -4.34. The Balaban J connectivity index is 0.00000288. The van der Waals surface area contributed by atoms with Gasteiger partial charge in [-0.3, -0.25) is 4.79 Å². The van der Waals surface area contributed by atoms with Crippen molar-refractivity contribution in [3.05, 3.63) is 54.1 Å². The Morgan fingerprint density at radius 3 is 2.12 bits per heavy atom. The van der Waals surface area contributed by atoms with Crippen molar-refractivity contribution < 1.29 is 27.4 Å². The summed E-state index contributed by atoms with van der Waals surface area (Å²) in [7, 11) is -0.440. The standard InChI is InChI=1S/C16H14F3O3P.Li.H/c1-21-12-8-9-14(13(10-12)22-2)23(16(17,18)19)15(20)11-6-4-3-5-7-11;;/h3-10H,1-2H3;;. The zero-order valence-electron chi connectivity index (χ0n) is 12.4. The van der Waals surface area contributed by atoms with Crippen molar-refractivity contribution in [2.45, 2.75) is 5.92 Å². The zero-order valence-corrected chi connectivity index (χ0v) is 13.3. The van der Waals surface area contributed by atoms with Gasteiger partial charge in [-0.25, -0.2) is 0 Å². The Bertz CT molecular complexity index is 693. The molecule has 0 amide bonds. The van der Waals surface area contributed by atoms with E-state index < -0.39 is 19.4 Å². The predicted octanol–water partition coefficient (Wildman–Crippen LogP) is 3.52. The first-order valence-corrected chi connectivity index (χ1v) is 7.91. The van der Waals surface area contributed by atoms with Crippen LogP contribution >= 0.6 is 7.92 Å². The summed E-state index contributed by atoms with van der Waals surface area (Å²) in [6, 6.07) is 11.4. The summed E-state index contributed by atoms with van der Waals surface area (Å²) in [4.78, 5) is 12.4. The van der Waals surface area contributed by atoms with Crippen LogP contribution in [0.3, 0.4) is 0 Å². The molecule has 1 unspecified atom stereocenters. The fourth-order valence-electron chi connectivity index (χ4n) is 2.04. The molecule has 1 atom stereocenters. The Morgan fingerprint density at radius 1 is 1.00 bits per heavy atom. The van der Waals surface area contributed by atoms with Gasteiger partial charge in [-0.15, -0.1) is 0 Å². The van der Waals surface area contributed by atoms with Gasteiger partial charge in [0.2, 0.25) is 0 Å². The first-order valence-electron chi connectivity index (χ1n) is 6.57. The Labute approximate surface area is 151 Å². The molecule has 3 nitrogen and oxygen atoms in total. The van der Waals surface area contributed by atoms with Crippen LogP contribution in [0.5, 0.6) is 11.5 Å². The summed E-state index contributed by atoms with van der Waals surface area (Å²) >= 11 is 0. The predicted molar refractivity (Wildman–Crippen MR) is 90.1 cm³/mol. The number of carbonyl (C=O) groups is 1. The van der Waals surface area contributed by atoms with Crippen LogP contribution in [0.2, 0.25) is 0 Å². The summed E-state index contributed by atoms with van der Waals surface area (Å²) in [6.45, 7) is 0. The van der Waals surface area contributed by atoms with Gasteiger partial charge in [0.05, 0.1) is 14.2 Å². The van der Waals surface area contributed by atoms with Crippen LogP contribution in [-0.2, 0) is 0 Å². The van der Waals surface area contributed by atoms with Crippen molar-refractivity contribution in [3.63, 3.8) is 0 Å². The van der Waals surface area contributed by atoms with Gasteiger partial charge in [0.1, 0.15) is 19.4 Å².